The van der Waals surface area contributed by atoms with Gasteiger partial charge in [0.1, 0.15) is 16.9 Å². The van der Waals surface area contributed by atoms with Gasteiger partial charge < -0.3 is 14.5 Å². The molecule has 0 amide bonds. The van der Waals surface area contributed by atoms with Crippen molar-refractivity contribution in [2.45, 2.75) is 25.9 Å². The highest BCUT2D eigenvalue weighted by atomic mass is 19.1. The standard InChI is InChI=1S/C17H23FN4O2/c1-5-22-10-12-14(21-7-6-11(9-21)20(2)3)8-13(18)15(16(12)19-22)17(23)24-4/h8,10-11H,5-7,9H2,1-4H3/t11-/m1/s1. The van der Waals surface area contributed by atoms with Gasteiger partial charge in [-0.1, -0.05) is 0 Å². The fourth-order valence-corrected chi connectivity index (χ4v) is 3.28. The van der Waals surface area contributed by atoms with E-state index >= 15 is 0 Å². The summed E-state index contributed by atoms with van der Waals surface area (Å²) in [6, 6.07) is 1.87. The number of aryl methyl sites for hydroxylation is 1. The van der Waals surface area contributed by atoms with Crippen LogP contribution in [0, 0.1) is 5.82 Å². The number of carbonyl (C=O) groups excluding carboxylic acids is 1. The maximum Gasteiger partial charge on any atom is 0.343 e. The minimum absolute atomic E-state index is 0.0909. The van der Waals surface area contributed by atoms with Crippen molar-refractivity contribution in [3.05, 3.63) is 23.6 Å². The molecule has 0 spiro atoms. The summed E-state index contributed by atoms with van der Waals surface area (Å²) in [7, 11) is 5.36. The quantitative estimate of drug-likeness (QED) is 0.802. The number of nitrogens with zero attached hydrogens (tertiary/aromatic N) is 4. The number of rotatable bonds is 4. The lowest BCUT2D eigenvalue weighted by Gasteiger charge is -2.22. The van der Waals surface area contributed by atoms with Crippen LogP contribution < -0.4 is 4.90 Å². The highest BCUT2D eigenvalue weighted by molar-refractivity contribution is 6.07. The first-order chi connectivity index (χ1) is 11.5. The molecule has 1 aromatic carbocycles. The molecule has 1 aliphatic heterocycles. The maximum absolute atomic E-state index is 14.7. The second kappa shape index (κ2) is 6.39. The van der Waals surface area contributed by atoms with Crippen LogP contribution in [0.3, 0.4) is 0 Å². The van der Waals surface area contributed by atoms with Crippen LogP contribution in [0.1, 0.15) is 23.7 Å². The Hall–Kier alpha value is -2.15. The molecule has 24 heavy (non-hydrogen) atoms. The molecule has 2 aromatic rings. The van der Waals surface area contributed by atoms with Gasteiger partial charge in [0.15, 0.2) is 0 Å². The molecule has 3 rings (SSSR count). The van der Waals surface area contributed by atoms with E-state index in [0.717, 1.165) is 30.6 Å². The van der Waals surface area contributed by atoms with Gasteiger partial charge in [0, 0.05) is 37.3 Å². The first-order valence-corrected chi connectivity index (χ1v) is 8.15. The molecule has 1 aliphatic rings. The maximum atomic E-state index is 14.7. The number of fused-ring (bicyclic) bond motifs is 1. The minimum Gasteiger partial charge on any atom is -0.465 e. The van der Waals surface area contributed by atoms with Gasteiger partial charge in [-0.3, -0.25) is 4.68 Å². The predicted octanol–water partition coefficient (Wildman–Crippen LogP) is 2.12. The first-order valence-electron chi connectivity index (χ1n) is 8.15. The SMILES string of the molecule is CCn1cc2c(N3CC[C@@H](N(C)C)C3)cc(F)c(C(=O)OC)c2n1. The summed E-state index contributed by atoms with van der Waals surface area (Å²) in [4.78, 5) is 16.3. The smallest absolute Gasteiger partial charge is 0.343 e. The van der Waals surface area contributed by atoms with Crippen molar-refractivity contribution in [2.24, 2.45) is 0 Å². The third kappa shape index (κ3) is 2.73. The number of halogens is 1. The summed E-state index contributed by atoms with van der Waals surface area (Å²) in [6.07, 6.45) is 2.90. The zero-order valence-corrected chi connectivity index (χ0v) is 14.5. The van der Waals surface area contributed by atoms with Crippen LogP contribution in [0.2, 0.25) is 0 Å². The van der Waals surface area contributed by atoms with Crippen LogP contribution in [0.5, 0.6) is 0 Å². The van der Waals surface area contributed by atoms with Crippen molar-refractivity contribution in [3.8, 4) is 0 Å². The normalized spacial score (nSPS) is 17.9. The van der Waals surface area contributed by atoms with E-state index < -0.39 is 11.8 Å². The van der Waals surface area contributed by atoms with Gasteiger partial charge in [0.05, 0.1) is 12.8 Å². The number of hydrogen-bond donors (Lipinski definition) is 0. The Balaban J connectivity index is 2.12. The fourth-order valence-electron chi connectivity index (χ4n) is 3.28. The van der Waals surface area contributed by atoms with Crippen LogP contribution in [0.25, 0.3) is 10.9 Å². The van der Waals surface area contributed by atoms with E-state index in [1.54, 1.807) is 4.68 Å². The molecular weight excluding hydrogens is 311 g/mol. The zero-order chi connectivity index (χ0) is 17.4. The first kappa shape index (κ1) is 16.7. The molecule has 0 aliphatic carbocycles. The molecular formula is C17H23FN4O2. The van der Waals surface area contributed by atoms with Gasteiger partial charge in [0.25, 0.3) is 0 Å². The molecule has 1 aromatic heterocycles. The van der Waals surface area contributed by atoms with Crippen LogP contribution in [0.15, 0.2) is 12.3 Å². The molecule has 0 unspecified atom stereocenters. The van der Waals surface area contributed by atoms with E-state index in [2.05, 4.69) is 29.0 Å². The van der Waals surface area contributed by atoms with Gasteiger partial charge in [-0.05, 0) is 33.5 Å². The largest absolute Gasteiger partial charge is 0.465 e. The van der Waals surface area contributed by atoms with E-state index in [9.17, 15) is 9.18 Å². The van der Waals surface area contributed by atoms with Crippen molar-refractivity contribution in [3.63, 3.8) is 0 Å². The van der Waals surface area contributed by atoms with Gasteiger partial charge in [-0.15, -0.1) is 0 Å². The average molecular weight is 334 g/mol. The highest BCUT2D eigenvalue weighted by Crippen LogP contribution is 2.34. The van der Waals surface area contributed by atoms with Crippen LogP contribution in [-0.2, 0) is 11.3 Å². The summed E-state index contributed by atoms with van der Waals surface area (Å²) < 4.78 is 21.1. The molecule has 2 heterocycles. The highest BCUT2D eigenvalue weighted by Gasteiger charge is 2.29. The third-order valence-corrected chi connectivity index (χ3v) is 4.72. The lowest BCUT2D eigenvalue weighted by atomic mass is 10.1. The molecule has 0 N–H and O–H groups in total. The Bertz CT molecular complexity index is 772. The summed E-state index contributed by atoms with van der Waals surface area (Å²) in [5.41, 5.74) is 1.07. The zero-order valence-electron chi connectivity index (χ0n) is 14.5. The molecule has 1 atom stereocenters. The average Bonchev–Trinajstić information content (AvgIpc) is 3.20. The monoisotopic (exact) mass is 334 g/mol. The summed E-state index contributed by atoms with van der Waals surface area (Å²) in [5.74, 6) is -1.28. The lowest BCUT2D eigenvalue weighted by molar-refractivity contribution is 0.0597. The number of esters is 1. The van der Waals surface area contributed by atoms with Crippen LogP contribution in [0.4, 0.5) is 10.1 Å². The van der Waals surface area contributed by atoms with Crippen molar-refractivity contribution in [1.82, 2.24) is 14.7 Å². The van der Waals surface area contributed by atoms with Crippen LogP contribution in [-0.4, -0.2) is 61.0 Å². The van der Waals surface area contributed by atoms with Crippen molar-refractivity contribution in [2.75, 3.05) is 39.2 Å². The molecule has 0 bridgehead atoms. The van der Waals surface area contributed by atoms with E-state index in [4.69, 9.17) is 4.74 Å². The topological polar surface area (TPSA) is 50.6 Å². The Kier molecular flexibility index (Phi) is 4.45. The fraction of sp³-hybridized carbons (Fsp3) is 0.529. The van der Waals surface area contributed by atoms with E-state index in [0.29, 0.717) is 18.1 Å². The minimum atomic E-state index is -0.696. The summed E-state index contributed by atoms with van der Waals surface area (Å²) in [5, 5.41) is 5.18. The Labute approximate surface area is 140 Å². The molecule has 6 nitrogen and oxygen atoms in total. The second-order valence-electron chi connectivity index (χ2n) is 6.34. The number of ether oxygens (including phenoxy) is 1. The van der Waals surface area contributed by atoms with Crippen molar-refractivity contribution < 1.29 is 13.9 Å². The lowest BCUT2D eigenvalue weighted by Crippen LogP contribution is -2.31. The summed E-state index contributed by atoms with van der Waals surface area (Å²) >= 11 is 0. The molecule has 1 saturated heterocycles. The predicted molar refractivity (Wildman–Crippen MR) is 91.0 cm³/mol. The number of benzene rings is 1. The van der Waals surface area contributed by atoms with Gasteiger partial charge in [0.2, 0.25) is 0 Å². The van der Waals surface area contributed by atoms with Gasteiger partial charge in [-0.2, -0.15) is 5.10 Å². The van der Waals surface area contributed by atoms with E-state index in [1.807, 2.05) is 13.1 Å². The van der Waals surface area contributed by atoms with Crippen molar-refractivity contribution in [1.29, 1.82) is 0 Å². The summed E-state index contributed by atoms with van der Waals surface area (Å²) in [6.45, 7) is 4.29. The number of likely N-dealkylation sites (N-methyl/N-ethyl adjacent to an activating group) is 1. The Morgan fingerprint density at radius 3 is 2.83 bits per heavy atom. The Morgan fingerprint density at radius 1 is 1.50 bits per heavy atom. The molecule has 7 heteroatoms. The number of methoxy groups -OCH3 is 1. The third-order valence-electron chi connectivity index (χ3n) is 4.72. The molecule has 0 radical (unpaired) electrons. The van der Waals surface area contributed by atoms with Crippen molar-refractivity contribution >= 4 is 22.6 Å². The number of hydrogen-bond acceptors (Lipinski definition) is 5. The molecule has 1 fully saturated rings. The van der Waals surface area contributed by atoms with Gasteiger partial charge in [-0.25, -0.2) is 9.18 Å². The molecule has 130 valence electrons. The second-order valence-corrected chi connectivity index (χ2v) is 6.34. The van der Waals surface area contributed by atoms with Crippen LogP contribution >= 0.6 is 0 Å². The van der Waals surface area contributed by atoms with E-state index in [-0.39, 0.29) is 5.56 Å². The van der Waals surface area contributed by atoms with Gasteiger partial charge >= 0.3 is 5.97 Å². The number of aromatic nitrogens is 2. The molecule has 0 saturated carbocycles. The Morgan fingerprint density at radius 2 is 2.25 bits per heavy atom. The number of anilines is 1. The number of carbonyl (C=O) groups is 1. The van der Waals surface area contributed by atoms with E-state index in [1.165, 1.54) is 13.2 Å².